The molecule has 0 saturated carbocycles. The van der Waals surface area contributed by atoms with Crippen molar-refractivity contribution in [1.29, 1.82) is 0 Å². The normalized spacial score (nSPS) is 48.8. The molecule has 76 valence electrons. The van der Waals surface area contributed by atoms with E-state index in [1.54, 1.807) is 0 Å². The summed E-state index contributed by atoms with van der Waals surface area (Å²) in [5.74, 6) is 0. The van der Waals surface area contributed by atoms with E-state index in [0.29, 0.717) is 0 Å². The topological polar surface area (TPSA) is 34.1 Å². The highest BCUT2D eigenvalue weighted by molar-refractivity contribution is 7.94. The van der Waals surface area contributed by atoms with Crippen molar-refractivity contribution in [2.75, 3.05) is 0 Å². The average Bonchev–Trinajstić information content (AvgIpc) is 2.15. The molecule has 2 aliphatic heterocycles. The Hall–Kier alpha value is -0.0500. The summed E-state index contributed by atoms with van der Waals surface area (Å²) in [6.07, 6.45) is 5.70. The van der Waals surface area contributed by atoms with Gasteiger partial charge in [0.2, 0.25) is 0 Å². The van der Waals surface area contributed by atoms with Crippen molar-refractivity contribution in [3.63, 3.8) is 0 Å². The van der Waals surface area contributed by atoms with E-state index in [9.17, 15) is 8.42 Å². The molecule has 0 N–H and O–H groups in total. The second-order valence-corrected chi connectivity index (χ2v) is 8.09. The van der Waals surface area contributed by atoms with Crippen LogP contribution >= 0.6 is 0 Å². The summed E-state index contributed by atoms with van der Waals surface area (Å²) in [6, 6.07) is 0. The van der Waals surface area contributed by atoms with Crippen LogP contribution in [0.4, 0.5) is 0 Å². The Balaban J connectivity index is 2.54. The van der Waals surface area contributed by atoms with Gasteiger partial charge in [-0.05, 0) is 39.5 Å². The van der Waals surface area contributed by atoms with Gasteiger partial charge in [0, 0.05) is 0 Å². The third kappa shape index (κ3) is 1.03. The molecule has 0 aromatic rings. The lowest BCUT2D eigenvalue weighted by atomic mass is 9.87. The fraction of sp³-hybridized carbons (Fsp3) is 1.00. The van der Waals surface area contributed by atoms with Gasteiger partial charge in [0.05, 0.1) is 9.49 Å². The van der Waals surface area contributed by atoms with E-state index >= 15 is 0 Å². The quantitative estimate of drug-likeness (QED) is 0.604. The molecule has 0 aromatic heterocycles. The third-order valence-corrected chi connectivity index (χ3v) is 7.55. The van der Waals surface area contributed by atoms with E-state index < -0.39 is 19.3 Å². The van der Waals surface area contributed by atoms with E-state index in [0.717, 1.165) is 38.5 Å². The molecule has 13 heavy (non-hydrogen) atoms. The van der Waals surface area contributed by atoms with Crippen LogP contribution in [0.15, 0.2) is 0 Å². The Morgan fingerprint density at radius 3 is 1.62 bits per heavy atom. The van der Waals surface area contributed by atoms with Crippen LogP contribution in [0, 0.1) is 0 Å². The van der Waals surface area contributed by atoms with Gasteiger partial charge >= 0.3 is 0 Å². The largest absolute Gasteiger partial charge is 0.228 e. The van der Waals surface area contributed by atoms with Gasteiger partial charge in [-0.3, -0.25) is 0 Å². The molecule has 0 aromatic carbocycles. The number of hydrogen-bond donors (Lipinski definition) is 0. The molecule has 0 radical (unpaired) electrons. The van der Waals surface area contributed by atoms with Crippen molar-refractivity contribution in [2.45, 2.75) is 61.9 Å². The van der Waals surface area contributed by atoms with Gasteiger partial charge in [-0.1, -0.05) is 12.8 Å². The lowest BCUT2D eigenvalue weighted by Crippen LogP contribution is -2.38. The van der Waals surface area contributed by atoms with Crippen LogP contribution < -0.4 is 0 Å². The van der Waals surface area contributed by atoms with Gasteiger partial charge in [0.1, 0.15) is 0 Å². The minimum atomic E-state index is -2.86. The zero-order valence-corrected chi connectivity index (χ0v) is 9.28. The van der Waals surface area contributed by atoms with E-state index in [-0.39, 0.29) is 0 Å². The van der Waals surface area contributed by atoms with Crippen molar-refractivity contribution in [3.05, 3.63) is 0 Å². The fourth-order valence-electron chi connectivity index (χ4n) is 2.91. The van der Waals surface area contributed by atoms with Gasteiger partial charge in [0.25, 0.3) is 0 Å². The highest BCUT2D eigenvalue weighted by Crippen LogP contribution is 2.51. The first-order valence-corrected chi connectivity index (χ1v) is 6.64. The van der Waals surface area contributed by atoms with Gasteiger partial charge < -0.3 is 0 Å². The summed E-state index contributed by atoms with van der Waals surface area (Å²) in [6.45, 7) is 3.89. The molecule has 3 heteroatoms. The molecule has 2 fully saturated rings. The zero-order valence-electron chi connectivity index (χ0n) is 8.47. The predicted molar refractivity (Wildman–Crippen MR) is 53.4 cm³/mol. The highest BCUT2D eigenvalue weighted by atomic mass is 32.2. The average molecular weight is 202 g/mol. The van der Waals surface area contributed by atoms with E-state index in [1.807, 2.05) is 13.8 Å². The first-order chi connectivity index (χ1) is 5.91. The van der Waals surface area contributed by atoms with Gasteiger partial charge in [-0.2, -0.15) is 0 Å². The predicted octanol–water partition coefficient (Wildman–Crippen LogP) is 2.29. The summed E-state index contributed by atoms with van der Waals surface area (Å²) in [7, 11) is -2.86. The van der Waals surface area contributed by atoms with Crippen molar-refractivity contribution in [2.24, 2.45) is 0 Å². The van der Waals surface area contributed by atoms with E-state index in [2.05, 4.69) is 0 Å². The maximum atomic E-state index is 12.2. The van der Waals surface area contributed by atoms with Crippen LogP contribution in [0.2, 0.25) is 0 Å². The number of sulfone groups is 1. The minimum Gasteiger partial charge on any atom is -0.228 e. The summed E-state index contributed by atoms with van der Waals surface area (Å²) in [5, 5.41) is 0. The van der Waals surface area contributed by atoms with Crippen molar-refractivity contribution >= 4 is 9.84 Å². The Labute approximate surface area is 80.6 Å². The van der Waals surface area contributed by atoms with Gasteiger partial charge in [0.15, 0.2) is 9.84 Å². The Morgan fingerprint density at radius 2 is 1.23 bits per heavy atom. The van der Waals surface area contributed by atoms with Crippen LogP contribution in [0.25, 0.3) is 0 Å². The van der Waals surface area contributed by atoms with Crippen LogP contribution in [0.3, 0.4) is 0 Å². The maximum absolute atomic E-state index is 12.2. The Bertz CT molecular complexity index is 286. The van der Waals surface area contributed by atoms with Crippen molar-refractivity contribution < 1.29 is 8.42 Å². The van der Waals surface area contributed by atoms with Crippen molar-refractivity contribution in [3.8, 4) is 0 Å². The molecule has 2 heterocycles. The lowest BCUT2D eigenvalue weighted by molar-refractivity contribution is 0.434. The second kappa shape index (κ2) is 2.50. The molecular weight excluding hydrogens is 184 g/mol. The Kier molecular flexibility index (Phi) is 1.83. The molecule has 2 atom stereocenters. The SMILES string of the molecule is C[C@@]12CCCC[C@](C)(CC1)S2(=O)=O. The summed E-state index contributed by atoms with van der Waals surface area (Å²) >= 11 is 0. The van der Waals surface area contributed by atoms with Crippen LogP contribution in [-0.2, 0) is 9.84 Å². The highest BCUT2D eigenvalue weighted by Gasteiger charge is 2.57. The first kappa shape index (κ1) is 9.50. The maximum Gasteiger partial charge on any atom is 0.161 e. The van der Waals surface area contributed by atoms with Gasteiger partial charge in [-0.15, -0.1) is 0 Å². The second-order valence-electron chi connectivity index (χ2n) is 5.11. The third-order valence-electron chi connectivity index (χ3n) is 4.14. The molecule has 2 bridgehead atoms. The smallest absolute Gasteiger partial charge is 0.161 e. The van der Waals surface area contributed by atoms with E-state index in [4.69, 9.17) is 0 Å². The van der Waals surface area contributed by atoms with Crippen LogP contribution in [0.5, 0.6) is 0 Å². The molecule has 2 rings (SSSR count). The molecule has 0 unspecified atom stereocenters. The molecule has 2 aliphatic rings. The summed E-state index contributed by atoms with van der Waals surface area (Å²) in [4.78, 5) is 0. The lowest BCUT2D eigenvalue weighted by Gasteiger charge is -2.25. The molecule has 2 nitrogen and oxygen atoms in total. The zero-order chi connectivity index (χ0) is 9.74. The molecule has 0 aliphatic carbocycles. The van der Waals surface area contributed by atoms with E-state index in [1.165, 1.54) is 0 Å². The molecule has 2 saturated heterocycles. The van der Waals surface area contributed by atoms with Crippen LogP contribution in [-0.4, -0.2) is 17.9 Å². The molecule has 0 amide bonds. The Morgan fingerprint density at radius 1 is 0.846 bits per heavy atom. The van der Waals surface area contributed by atoms with Crippen LogP contribution in [0.1, 0.15) is 52.4 Å². The summed E-state index contributed by atoms with van der Waals surface area (Å²) in [5.41, 5.74) is 0. The summed E-state index contributed by atoms with van der Waals surface area (Å²) < 4.78 is 23.7. The minimum absolute atomic E-state index is 0.391. The monoisotopic (exact) mass is 202 g/mol. The van der Waals surface area contributed by atoms with Gasteiger partial charge in [-0.25, -0.2) is 8.42 Å². The number of rotatable bonds is 0. The number of hydrogen-bond acceptors (Lipinski definition) is 2. The number of fused-ring (bicyclic) bond motifs is 2. The first-order valence-electron chi connectivity index (χ1n) is 5.16. The fourth-order valence-corrected chi connectivity index (χ4v) is 5.67. The standard InChI is InChI=1S/C10H18O2S/c1-9-5-3-4-6-10(2,8-7-9)13(9,11)12/h3-8H2,1-2H3/t9-,10-/m1/s1. The molecule has 0 spiro atoms. The van der Waals surface area contributed by atoms with Crippen molar-refractivity contribution in [1.82, 2.24) is 0 Å². The molecular formula is C10H18O2S.